The lowest BCUT2D eigenvalue weighted by Crippen LogP contribution is -2.28. The van der Waals surface area contributed by atoms with E-state index in [4.69, 9.17) is 5.11 Å². The third-order valence-electron chi connectivity index (χ3n) is 4.98. The van der Waals surface area contributed by atoms with E-state index < -0.39 is 5.97 Å². The second-order valence-corrected chi connectivity index (χ2v) is 8.78. The number of unbranched alkanes of at least 4 members (excludes halogenated alkanes) is 2. The zero-order chi connectivity index (χ0) is 17.7. The van der Waals surface area contributed by atoms with Crippen LogP contribution < -0.4 is 5.32 Å². The minimum atomic E-state index is -0.752. The molecule has 2 N–H and O–H groups in total. The number of rotatable bonds is 7. The van der Waals surface area contributed by atoms with E-state index in [1.165, 1.54) is 10.4 Å². The Kier molecular flexibility index (Phi) is 6.44. The van der Waals surface area contributed by atoms with Gasteiger partial charge in [0.1, 0.15) is 0 Å². The summed E-state index contributed by atoms with van der Waals surface area (Å²) in [5.74, 6) is -0.0359. The van der Waals surface area contributed by atoms with Crippen LogP contribution in [-0.4, -0.2) is 23.5 Å². The largest absolute Gasteiger partial charge is 0.481 e. The first kappa shape index (κ1) is 19.0. The molecule has 0 aromatic carbocycles. The molecular formula is C19H29NO3S. The number of hydrogen-bond donors (Lipinski definition) is 2. The normalized spacial score (nSPS) is 17.4. The zero-order valence-corrected chi connectivity index (χ0v) is 15.8. The van der Waals surface area contributed by atoms with E-state index in [1.807, 2.05) is 5.38 Å². The summed E-state index contributed by atoms with van der Waals surface area (Å²) in [6, 6.07) is 0. The van der Waals surface area contributed by atoms with Gasteiger partial charge in [-0.05, 0) is 49.0 Å². The Balaban J connectivity index is 1.83. The molecule has 0 saturated heterocycles. The van der Waals surface area contributed by atoms with E-state index in [0.29, 0.717) is 24.3 Å². The van der Waals surface area contributed by atoms with Crippen LogP contribution in [0.1, 0.15) is 73.7 Å². The predicted molar refractivity (Wildman–Crippen MR) is 97.7 cm³/mol. The quantitative estimate of drug-likeness (QED) is 0.721. The lowest BCUT2D eigenvalue weighted by atomic mass is 9.72. The van der Waals surface area contributed by atoms with Gasteiger partial charge in [-0.2, -0.15) is 0 Å². The number of thiophene rings is 1. The smallest absolute Gasteiger partial charge is 0.303 e. The van der Waals surface area contributed by atoms with E-state index in [2.05, 4.69) is 26.1 Å². The Morgan fingerprint density at radius 1 is 1.29 bits per heavy atom. The number of amides is 1. The second kappa shape index (κ2) is 8.15. The molecule has 1 amide bonds. The average Bonchev–Trinajstić information content (AvgIpc) is 2.92. The maximum Gasteiger partial charge on any atom is 0.303 e. The molecular weight excluding hydrogens is 322 g/mol. The molecule has 0 bridgehead atoms. The third kappa shape index (κ3) is 5.07. The van der Waals surface area contributed by atoms with Crippen molar-refractivity contribution in [2.24, 2.45) is 11.3 Å². The molecule has 1 atom stereocenters. The molecule has 1 aliphatic carbocycles. The number of aliphatic carboxylic acids is 1. The molecule has 24 heavy (non-hydrogen) atoms. The highest BCUT2D eigenvalue weighted by Gasteiger charge is 2.31. The summed E-state index contributed by atoms with van der Waals surface area (Å²) in [5, 5.41) is 13.6. The third-order valence-corrected chi connectivity index (χ3v) is 6.03. The van der Waals surface area contributed by atoms with Gasteiger partial charge in [0.05, 0.1) is 5.56 Å². The fraction of sp³-hybridized carbons (Fsp3) is 0.684. The van der Waals surface area contributed by atoms with E-state index in [1.54, 1.807) is 11.3 Å². The van der Waals surface area contributed by atoms with Gasteiger partial charge in [-0.3, -0.25) is 9.59 Å². The molecule has 0 saturated carbocycles. The van der Waals surface area contributed by atoms with Crippen molar-refractivity contribution < 1.29 is 14.7 Å². The number of carbonyl (C=O) groups excluding carboxylic acids is 1. The monoisotopic (exact) mass is 351 g/mol. The van der Waals surface area contributed by atoms with E-state index in [9.17, 15) is 9.59 Å². The van der Waals surface area contributed by atoms with Crippen molar-refractivity contribution in [3.05, 3.63) is 21.4 Å². The van der Waals surface area contributed by atoms with Gasteiger partial charge < -0.3 is 10.4 Å². The van der Waals surface area contributed by atoms with Crippen LogP contribution in [0.25, 0.3) is 0 Å². The highest BCUT2D eigenvalue weighted by Crippen LogP contribution is 2.40. The van der Waals surface area contributed by atoms with Crippen LogP contribution in [0.3, 0.4) is 0 Å². The Bertz CT molecular complexity index is 586. The second-order valence-electron chi connectivity index (χ2n) is 7.82. The SMILES string of the molecule is CC(C)(C)C1CCc2c(C(=O)NCCCCCC(=O)O)csc2C1. The maximum atomic E-state index is 12.4. The van der Waals surface area contributed by atoms with E-state index in [0.717, 1.165) is 37.7 Å². The van der Waals surface area contributed by atoms with Crippen LogP contribution >= 0.6 is 11.3 Å². The Labute approximate surface area is 148 Å². The van der Waals surface area contributed by atoms with Gasteiger partial charge in [0.15, 0.2) is 0 Å². The van der Waals surface area contributed by atoms with Gasteiger partial charge in [0.25, 0.3) is 5.91 Å². The molecule has 1 aliphatic rings. The highest BCUT2D eigenvalue weighted by atomic mass is 32.1. The number of carboxylic acid groups (broad SMARTS) is 1. The van der Waals surface area contributed by atoms with Gasteiger partial charge in [-0.1, -0.05) is 27.2 Å². The zero-order valence-electron chi connectivity index (χ0n) is 15.0. The highest BCUT2D eigenvalue weighted by molar-refractivity contribution is 7.10. The van der Waals surface area contributed by atoms with Crippen LogP contribution in [0, 0.1) is 11.3 Å². The van der Waals surface area contributed by atoms with E-state index in [-0.39, 0.29) is 12.3 Å². The molecule has 1 aromatic heterocycles. The number of fused-ring (bicyclic) bond motifs is 1. The number of nitrogens with one attached hydrogen (secondary N) is 1. The summed E-state index contributed by atoms with van der Waals surface area (Å²) in [5.41, 5.74) is 2.43. The van der Waals surface area contributed by atoms with Crippen molar-refractivity contribution >= 4 is 23.2 Å². The summed E-state index contributed by atoms with van der Waals surface area (Å²) >= 11 is 1.72. The van der Waals surface area contributed by atoms with Gasteiger partial charge in [0, 0.05) is 23.2 Å². The van der Waals surface area contributed by atoms with Crippen molar-refractivity contribution in [3.8, 4) is 0 Å². The molecule has 0 fully saturated rings. The minimum Gasteiger partial charge on any atom is -0.481 e. The van der Waals surface area contributed by atoms with Gasteiger partial charge in [-0.15, -0.1) is 11.3 Å². The first-order chi connectivity index (χ1) is 11.3. The van der Waals surface area contributed by atoms with Crippen molar-refractivity contribution in [1.29, 1.82) is 0 Å². The van der Waals surface area contributed by atoms with Crippen molar-refractivity contribution in [2.45, 2.75) is 65.7 Å². The topological polar surface area (TPSA) is 66.4 Å². The van der Waals surface area contributed by atoms with Crippen LogP contribution in [-0.2, 0) is 17.6 Å². The number of carboxylic acids is 1. The molecule has 4 nitrogen and oxygen atoms in total. The molecule has 0 aliphatic heterocycles. The molecule has 1 heterocycles. The van der Waals surface area contributed by atoms with Gasteiger partial charge in [0.2, 0.25) is 0 Å². The molecule has 1 aromatic rings. The molecule has 5 heteroatoms. The Hall–Kier alpha value is -1.36. The minimum absolute atomic E-state index is 0.0277. The van der Waals surface area contributed by atoms with Crippen LogP contribution in [0.2, 0.25) is 0 Å². The standard InChI is InChI=1S/C19H29NO3S/c1-19(2,3)13-8-9-14-15(12-24-16(14)11-13)18(23)20-10-6-4-5-7-17(21)22/h12-13H,4-11H2,1-3H3,(H,20,23)(H,21,22). The number of hydrogen-bond acceptors (Lipinski definition) is 3. The fourth-order valence-corrected chi connectivity index (χ4v) is 4.48. The van der Waals surface area contributed by atoms with Crippen molar-refractivity contribution in [2.75, 3.05) is 6.54 Å². The summed E-state index contributed by atoms with van der Waals surface area (Å²) in [6.07, 6.45) is 5.80. The molecule has 134 valence electrons. The summed E-state index contributed by atoms with van der Waals surface area (Å²) in [6.45, 7) is 7.52. The maximum absolute atomic E-state index is 12.4. The Morgan fingerprint density at radius 3 is 2.71 bits per heavy atom. The first-order valence-electron chi connectivity index (χ1n) is 8.88. The molecule has 2 rings (SSSR count). The lowest BCUT2D eigenvalue weighted by Gasteiger charge is -2.34. The first-order valence-corrected chi connectivity index (χ1v) is 9.76. The fourth-order valence-electron chi connectivity index (χ4n) is 3.32. The van der Waals surface area contributed by atoms with Crippen LogP contribution in [0.15, 0.2) is 5.38 Å². The number of carbonyl (C=O) groups is 2. The summed E-state index contributed by atoms with van der Waals surface area (Å²) in [7, 11) is 0. The van der Waals surface area contributed by atoms with Gasteiger partial charge in [-0.25, -0.2) is 0 Å². The average molecular weight is 352 g/mol. The predicted octanol–water partition coefficient (Wildman–Crippen LogP) is 4.27. The van der Waals surface area contributed by atoms with E-state index >= 15 is 0 Å². The summed E-state index contributed by atoms with van der Waals surface area (Å²) < 4.78 is 0. The molecule has 1 unspecified atom stereocenters. The van der Waals surface area contributed by atoms with Crippen molar-refractivity contribution in [3.63, 3.8) is 0 Å². The van der Waals surface area contributed by atoms with Crippen LogP contribution in [0.4, 0.5) is 0 Å². The van der Waals surface area contributed by atoms with Crippen LogP contribution in [0.5, 0.6) is 0 Å². The molecule has 0 radical (unpaired) electrons. The lowest BCUT2D eigenvalue weighted by molar-refractivity contribution is -0.137. The van der Waals surface area contributed by atoms with Crippen molar-refractivity contribution in [1.82, 2.24) is 5.32 Å². The summed E-state index contributed by atoms with van der Waals surface area (Å²) in [4.78, 5) is 24.2. The van der Waals surface area contributed by atoms with Gasteiger partial charge >= 0.3 is 5.97 Å². The molecule has 0 spiro atoms. The Morgan fingerprint density at radius 2 is 2.04 bits per heavy atom.